The first-order valence-electron chi connectivity index (χ1n) is 5.45. The summed E-state index contributed by atoms with van der Waals surface area (Å²) in [6, 6.07) is 3.51. The molecule has 0 radical (unpaired) electrons. The quantitative estimate of drug-likeness (QED) is 0.790. The maximum atomic E-state index is 10.8. The number of hydrogen-bond acceptors (Lipinski definition) is 3. The van der Waals surface area contributed by atoms with Gasteiger partial charge < -0.3 is 10.5 Å². The summed E-state index contributed by atoms with van der Waals surface area (Å²) in [7, 11) is 0. The van der Waals surface area contributed by atoms with Crippen molar-refractivity contribution in [3.63, 3.8) is 0 Å². The van der Waals surface area contributed by atoms with Crippen LogP contribution in [-0.2, 0) is 4.79 Å². The molecule has 0 saturated carbocycles. The molecule has 0 heterocycles. The third kappa shape index (κ3) is 3.59. The summed E-state index contributed by atoms with van der Waals surface area (Å²) in [5.74, 6) is 0.321. The van der Waals surface area contributed by atoms with Crippen molar-refractivity contribution < 1.29 is 14.3 Å². The lowest BCUT2D eigenvalue weighted by Gasteiger charge is -2.17. The standard InChI is InChI=1S/C13H17NO3/c1-8-4-11(7-15)5-9(2)13(8)17-10(3)6-12(14)16/h4-5,7,10H,6H2,1-3H3,(H2,14,16). The SMILES string of the molecule is Cc1cc(C=O)cc(C)c1OC(C)CC(N)=O. The summed E-state index contributed by atoms with van der Waals surface area (Å²) in [6.07, 6.45) is 0.706. The Balaban J connectivity index is 2.91. The number of carbonyl (C=O) groups excluding carboxylic acids is 2. The first kappa shape index (κ1) is 13.2. The molecule has 0 spiro atoms. The number of aldehydes is 1. The van der Waals surface area contributed by atoms with Gasteiger partial charge in [0.15, 0.2) is 0 Å². The van der Waals surface area contributed by atoms with Gasteiger partial charge in [-0.25, -0.2) is 0 Å². The van der Waals surface area contributed by atoms with Crippen LogP contribution in [0.5, 0.6) is 5.75 Å². The van der Waals surface area contributed by atoms with E-state index >= 15 is 0 Å². The molecule has 92 valence electrons. The van der Waals surface area contributed by atoms with Crippen molar-refractivity contribution in [2.45, 2.75) is 33.3 Å². The fourth-order valence-corrected chi connectivity index (χ4v) is 1.76. The molecular weight excluding hydrogens is 218 g/mol. The molecule has 1 rings (SSSR count). The molecule has 17 heavy (non-hydrogen) atoms. The summed E-state index contributed by atoms with van der Waals surface area (Å²) < 4.78 is 5.67. The van der Waals surface area contributed by atoms with Gasteiger partial charge in [-0.15, -0.1) is 0 Å². The molecule has 0 aromatic heterocycles. The highest BCUT2D eigenvalue weighted by molar-refractivity contribution is 5.76. The Labute approximate surface area is 101 Å². The molecule has 1 unspecified atom stereocenters. The van der Waals surface area contributed by atoms with E-state index in [-0.39, 0.29) is 12.5 Å². The normalized spacial score (nSPS) is 11.9. The molecule has 1 atom stereocenters. The number of nitrogens with two attached hydrogens (primary N) is 1. The van der Waals surface area contributed by atoms with E-state index in [9.17, 15) is 9.59 Å². The number of carbonyl (C=O) groups is 2. The van der Waals surface area contributed by atoms with Crippen molar-refractivity contribution in [2.24, 2.45) is 5.73 Å². The monoisotopic (exact) mass is 235 g/mol. The minimum atomic E-state index is -0.391. The second-order valence-corrected chi connectivity index (χ2v) is 4.20. The molecule has 1 amide bonds. The predicted molar refractivity (Wildman–Crippen MR) is 65.2 cm³/mol. The highest BCUT2D eigenvalue weighted by Crippen LogP contribution is 2.25. The maximum Gasteiger partial charge on any atom is 0.221 e. The lowest BCUT2D eigenvalue weighted by atomic mass is 10.1. The highest BCUT2D eigenvalue weighted by atomic mass is 16.5. The number of amides is 1. The molecule has 2 N–H and O–H groups in total. The average Bonchev–Trinajstić information content (AvgIpc) is 2.22. The minimum Gasteiger partial charge on any atom is -0.490 e. The van der Waals surface area contributed by atoms with E-state index in [0.717, 1.165) is 17.4 Å². The molecule has 4 heteroatoms. The second-order valence-electron chi connectivity index (χ2n) is 4.20. The van der Waals surface area contributed by atoms with Crippen LogP contribution in [0.4, 0.5) is 0 Å². The van der Waals surface area contributed by atoms with Crippen molar-refractivity contribution in [3.8, 4) is 5.75 Å². The predicted octanol–water partition coefficient (Wildman–Crippen LogP) is 1.76. The number of benzene rings is 1. The van der Waals surface area contributed by atoms with Gasteiger partial charge in [0.25, 0.3) is 0 Å². The Bertz CT molecular complexity index is 417. The van der Waals surface area contributed by atoms with Crippen molar-refractivity contribution in [1.29, 1.82) is 0 Å². The van der Waals surface area contributed by atoms with Crippen molar-refractivity contribution in [3.05, 3.63) is 28.8 Å². The third-order valence-electron chi connectivity index (χ3n) is 2.43. The Hall–Kier alpha value is -1.84. The van der Waals surface area contributed by atoms with Gasteiger partial charge >= 0.3 is 0 Å². The van der Waals surface area contributed by atoms with Crippen LogP contribution in [0.25, 0.3) is 0 Å². The fraction of sp³-hybridized carbons (Fsp3) is 0.385. The van der Waals surface area contributed by atoms with Crippen LogP contribution in [0, 0.1) is 13.8 Å². The van der Waals surface area contributed by atoms with Gasteiger partial charge in [0, 0.05) is 5.56 Å². The van der Waals surface area contributed by atoms with Crippen LogP contribution in [0.2, 0.25) is 0 Å². The Morgan fingerprint density at radius 2 is 1.94 bits per heavy atom. The summed E-state index contributed by atoms with van der Waals surface area (Å²) in [5, 5.41) is 0. The summed E-state index contributed by atoms with van der Waals surface area (Å²) >= 11 is 0. The zero-order valence-corrected chi connectivity index (χ0v) is 10.3. The first-order chi connectivity index (χ1) is 7.93. The Morgan fingerprint density at radius 3 is 2.35 bits per heavy atom. The molecule has 0 fully saturated rings. The van der Waals surface area contributed by atoms with Crippen LogP contribution in [0.15, 0.2) is 12.1 Å². The van der Waals surface area contributed by atoms with E-state index in [1.54, 1.807) is 19.1 Å². The van der Waals surface area contributed by atoms with Gasteiger partial charge in [-0.05, 0) is 44.0 Å². The van der Waals surface area contributed by atoms with Gasteiger partial charge in [0.2, 0.25) is 5.91 Å². The fourth-order valence-electron chi connectivity index (χ4n) is 1.76. The van der Waals surface area contributed by atoms with E-state index in [2.05, 4.69) is 0 Å². The Kier molecular flexibility index (Phi) is 4.26. The van der Waals surface area contributed by atoms with Crippen LogP contribution >= 0.6 is 0 Å². The van der Waals surface area contributed by atoms with Crippen LogP contribution in [0.3, 0.4) is 0 Å². The van der Waals surface area contributed by atoms with Crippen LogP contribution < -0.4 is 10.5 Å². The zero-order chi connectivity index (χ0) is 13.0. The van der Waals surface area contributed by atoms with Gasteiger partial charge in [-0.1, -0.05) is 0 Å². The van der Waals surface area contributed by atoms with Gasteiger partial charge in [0.1, 0.15) is 18.1 Å². The van der Waals surface area contributed by atoms with E-state index in [4.69, 9.17) is 10.5 Å². The third-order valence-corrected chi connectivity index (χ3v) is 2.43. The molecule has 0 aliphatic carbocycles. The van der Waals surface area contributed by atoms with Gasteiger partial charge in [-0.3, -0.25) is 9.59 Å². The van der Waals surface area contributed by atoms with Gasteiger partial charge in [-0.2, -0.15) is 0 Å². The number of rotatable bonds is 5. The Morgan fingerprint density at radius 1 is 1.41 bits per heavy atom. The zero-order valence-electron chi connectivity index (χ0n) is 10.3. The molecule has 0 aliphatic rings. The van der Waals surface area contributed by atoms with Crippen molar-refractivity contribution in [2.75, 3.05) is 0 Å². The van der Waals surface area contributed by atoms with Gasteiger partial charge in [0.05, 0.1) is 6.42 Å². The maximum absolute atomic E-state index is 10.8. The average molecular weight is 235 g/mol. The number of primary amides is 1. The lowest BCUT2D eigenvalue weighted by molar-refractivity contribution is -0.119. The van der Waals surface area contributed by atoms with E-state index in [1.165, 1.54) is 0 Å². The number of hydrogen-bond donors (Lipinski definition) is 1. The highest BCUT2D eigenvalue weighted by Gasteiger charge is 2.12. The molecular formula is C13H17NO3. The van der Waals surface area contributed by atoms with E-state index < -0.39 is 5.91 Å². The molecule has 1 aromatic rings. The largest absolute Gasteiger partial charge is 0.490 e. The van der Waals surface area contributed by atoms with Crippen LogP contribution in [-0.4, -0.2) is 18.3 Å². The second kappa shape index (κ2) is 5.48. The van der Waals surface area contributed by atoms with Crippen molar-refractivity contribution in [1.82, 2.24) is 0 Å². The van der Waals surface area contributed by atoms with Crippen molar-refractivity contribution >= 4 is 12.2 Å². The lowest BCUT2D eigenvalue weighted by Crippen LogP contribution is -2.22. The smallest absolute Gasteiger partial charge is 0.221 e. The molecule has 4 nitrogen and oxygen atoms in total. The van der Waals surface area contributed by atoms with Crippen LogP contribution in [0.1, 0.15) is 34.8 Å². The summed E-state index contributed by atoms with van der Waals surface area (Å²) in [6.45, 7) is 5.52. The number of aryl methyl sites for hydroxylation is 2. The molecule has 0 bridgehead atoms. The van der Waals surface area contributed by atoms with E-state index in [1.807, 2.05) is 13.8 Å². The van der Waals surface area contributed by atoms with E-state index in [0.29, 0.717) is 11.3 Å². The number of ether oxygens (including phenoxy) is 1. The topological polar surface area (TPSA) is 69.4 Å². The summed E-state index contributed by atoms with van der Waals surface area (Å²) in [4.78, 5) is 21.5. The molecule has 0 saturated heterocycles. The molecule has 1 aromatic carbocycles. The first-order valence-corrected chi connectivity index (χ1v) is 5.45. The minimum absolute atomic E-state index is 0.175. The summed E-state index contributed by atoms with van der Waals surface area (Å²) in [5.41, 5.74) is 7.48. The molecule has 0 aliphatic heterocycles.